The Morgan fingerprint density at radius 2 is 1.18 bits per heavy atom. The molecule has 0 fully saturated rings. The Hall–Kier alpha value is 0.694. The molecule has 0 atom stereocenters. The molecule has 0 aliphatic carbocycles. The van der Waals surface area contributed by atoms with Gasteiger partial charge in [-0.3, -0.25) is 0 Å². The van der Waals surface area contributed by atoms with Crippen molar-refractivity contribution in [2.75, 3.05) is 19.8 Å². The fourth-order valence-corrected chi connectivity index (χ4v) is 2.73. The summed E-state index contributed by atoms with van der Waals surface area (Å²) in [7, 11) is -2.25. The van der Waals surface area contributed by atoms with Gasteiger partial charge in [0.1, 0.15) is 0 Å². The summed E-state index contributed by atoms with van der Waals surface area (Å²) in [4.78, 5) is 0. The summed E-state index contributed by atoms with van der Waals surface area (Å²) in [6, 6.07) is 0. The third-order valence-corrected chi connectivity index (χ3v) is 3.66. The summed E-state index contributed by atoms with van der Waals surface area (Å²) >= 11 is 1.92. The van der Waals surface area contributed by atoms with Crippen molar-refractivity contribution in [3.05, 3.63) is 0 Å². The van der Waals surface area contributed by atoms with Crippen LogP contribution in [-0.2, 0) is 13.3 Å². The van der Waals surface area contributed by atoms with E-state index in [-0.39, 0.29) is 0 Å². The quantitative estimate of drug-likeness (QED) is 0.549. The van der Waals surface area contributed by atoms with E-state index >= 15 is 0 Å². The summed E-state index contributed by atoms with van der Waals surface area (Å²) in [6.07, 6.45) is 0. The van der Waals surface area contributed by atoms with Crippen LogP contribution in [0.1, 0.15) is 20.8 Å². The van der Waals surface area contributed by atoms with E-state index in [0.29, 0.717) is 19.8 Å². The average Bonchev–Trinajstić information content (AvgIpc) is 1.88. The van der Waals surface area contributed by atoms with Crippen molar-refractivity contribution in [1.82, 2.24) is 0 Å². The molecule has 62 valence electrons. The first-order chi connectivity index (χ1) is 5.18. The molecule has 0 saturated heterocycles. The number of rotatable bonds is 6. The van der Waals surface area contributed by atoms with Crippen molar-refractivity contribution in [1.29, 1.82) is 0 Å². The molecule has 11 heavy (non-hydrogen) atoms. The van der Waals surface area contributed by atoms with Gasteiger partial charge in [-0.2, -0.15) is 0 Å². The molecule has 0 rings (SSSR count). The minimum absolute atomic E-state index is 0.655. The number of hydrogen-bond acceptors (Lipinski definition) is 3. The molecule has 0 aromatic rings. The monoisotopic (exact) mass is 170 g/mol. The van der Waals surface area contributed by atoms with Gasteiger partial charge < -0.3 is 0 Å². The molecule has 0 saturated carbocycles. The predicted molar refractivity (Wildman–Crippen MR) is 46.4 cm³/mol. The van der Waals surface area contributed by atoms with Gasteiger partial charge >= 0.3 is 78.0 Å². The topological polar surface area (TPSA) is 27.7 Å². The van der Waals surface area contributed by atoms with Crippen LogP contribution in [0.25, 0.3) is 0 Å². The fraction of sp³-hybridized carbons (Fsp3) is 1.00. The van der Waals surface area contributed by atoms with Gasteiger partial charge in [-0.05, 0) is 0 Å². The standard InChI is InChI=1S/C6H15O3Si.Li/c1-4-7-10(8-5-2)9-6-3;/h4-6H2,1-3H3;. The maximum absolute atomic E-state index is 5.40. The Kier molecular flexibility index (Phi) is 6.63. The predicted octanol–water partition coefficient (Wildman–Crippen LogP) is 0.700. The van der Waals surface area contributed by atoms with Crippen LogP contribution >= 0.6 is 0 Å². The molecule has 0 spiro atoms. The second-order valence-electron chi connectivity index (χ2n) is 2.16. The van der Waals surface area contributed by atoms with Crippen molar-refractivity contribution >= 4 is 24.2 Å². The Bertz CT molecular complexity index is 84.8. The van der Waals surface area contributed by atoms with Crippen molar-refractivity contribution in [2.45, 2.75) is 20.8 Å². The van der Waals surface area contributed by atoms with Crippen LogP contribution < -0.4 is 0 Å². The fourth-order valence-electron chi connectivity index (χ4n) is 0.912. The molecule has 0 aromatic carbocycles. The molecule has 0 aromatic heterocycles. The van der Waals surface area contributed by atoms with E-state index in [9.17, 15) is 0 Å². The van der Waals surface area contributed by atoms with Crippen molar-refractivity contribution < 1.29 is 13.3 Å². The Balaban J connectivity index is 3.79. The second-order valence-corrected chi connectivity index (χ2v) is 4.75. The van der Waals surface area contributed by atoms with E-state index in [0.717, 1.165) is 0 Å². The Morgan fingerprint density at radius 1 is 0.909 bits per heavy atom. The Labute approximate surface area is 78.3 Å². The van der Waals surface area contributed by atoms with Crippen molar-refractivity contribution in [3.8, 4) is 0 Å². The van der Waals surface area contributed by atoms with Crippen LogP contribution in [-0.4, -0.2) is 44.0 Å². The zero-order chi connectivity index (χ0) is 8.74. The van der Waals surface area contributed by atoms with E-state index in [1.807, 2.05) is 37.8 Å². The van der Waals surface area contributed by atoms with Crippen molar-refractivity contribution in [3.63, 3.8) is 0 Å². The third-order valence-electron chi connectivity index (χ3n) is 1.22. The van der Waals surface area contributed by atoms with Gasteiger partial charge in [0.25, 0.3) is 0 Å². The van der Waals surface area contributed by atoms with E-state index in [2.05, 4.69) is 0 Å². The summed E-state index contributed by atoms with van der Waals surface area (Å²) in [5.74, 6) is 0. The summed E-state index contributed by atoms with van der Waals surface area (Å²) in [5, 5.41) is 0. The van der Waals surface area contributed by atoms with E-state index < -0.39 is 7.13 Å². The minimum atomic E-state index is -2.25. The van der Waals surface area contributed by atoms with Crippen LogP contribution in [0.3, 0.4) is 0 Å². The molecule has 3 nitrogen and oxygen atoms in total. The molecule has 0 heterocycles. The first kappa shape index (κ1) is 11.7. The van der Waals surface area contributed by atoms with Gasteiger partial charge in [0.05, 0.1) is 0 Å². The van der Waals surface area contributed by atoms with Gasteiger partial charge in [-0.15, -0.1) is 0 Å². The SMILES string of the molecule is [Li][Si](OCC)(OCC)OCC. The Morgan fingerprint density at radius 3 is 1.36 bits per heavy atom. The summed E-state index contributed by atoms with van der Waals surface area (Å²) in [5.41, 5.74) is 0. The van der Waals surface area contributed by atoms with Gasteiger partial charge in [0.2, 0.25) is 0 Å². The molecule has 0 unspecified atom stereocenters. The van der Waals surface area contributed by atoms with Gasteiger partial charge in [-0.1, -0.05) is 0 Å². The zero-order valence-corrected chi connectivity index (χ0v) is 8.85. The first-order valence-electron chi connectivity index (χ1n) is 4.10. The zero-order valence-electron chi connectivity index (χ0n) is 7.85. The molecule has 0 radical (unpaired) electrons. The molecular weight excluding hydrogens is 155 g/mol. The van der Waals surface area contributed by atoms with Crippen LogP contribution in [0.2, 0.25) is 0 Å². The molecule has 0 N–H and O–H groups in total. The van der Waals surface area contributed by atoms with E-state index in [1.165, 1.54) is 0 Å². The summed E-state index contributed by atoms with van der Waals surface area (Å²) in [6.45, 7) is 7.81. The molecule has 0 bridgehead atoms. The first-order valence-corrected chi connectivity index (χ1v) is 6.32. The van der Waals surface area contributed by atoms with Crippen LogP contribution in [0.15, 0.2) is 0 Å². The van der Waals surface area contributed by atoms with Crippen LogP contribution in [0, 0.1) is 0 Å². The van der Waals surface area contributed by atoms with Gasteiger partial charge in [0, 0.05) is 0 Å². The second kappa shape index (κ2) is 6.24. The van der Waals surface area contributed by atoms with E-state index in [4.69, 9.17) is 13.3 Å². The van der Waals surface area contributed by atoms with Crippen LogP contribution in [0.4, 0.5) is 0 Å². The van der Waals surface area contributed by atoms with E-state index in [1.54, 1.807) is 0 Å². The number of hydrogen-bond donors (Lipinski definition) is 0. The molecule has 0 amide bonds. The van der Waals surface area contributed by atoms with Crippen molar-refractivity contribution in [2.24, 2.45) is 0 Å². The summed E-state index contributed by atoms with van der Waals surface area (Å²) < 4.78 is 16.2. The normalized spacial score (nSPS) is 12.1. The van der Waals surface area contributed by atoms with Crippen LogP contribution in [0.5, 0.6) is 0 Å². The van der Waals surface area contributed by atoms with Gasteiger partial charge in [-0.25, -0.2) is 0 Å². The molecule has 0 aliphatic heterocycles. The molecular formula is C6H15LiO3Si. The molecule has 5 heteroatoms. The molecule has 0 aliphatic rings. The average molecular weight is 170 g/mol. The third kappa shape index (κ3) is 5.02. The van der Waals surface area contributed by atoms with Gasteiger partial charge in [0.15, 0.2) is 0 Å². The maximum atomic E-state index is 5.40.